The first-order valence-electron chi connectivity index (χ1n) is 10.9. The van der Waals surface area contributed by atoms with Gasteiger partial charge in [0.15, 0.2) is 11.5 Å². The highest BCUT2D eigenvalue weighted by atomic mass is 16.5. The predicted octanol–water partition coefficient (Wildman–Crippen LogP) is 4.90. The van der Waals surface area contributed by atoms with E-state index in [2.05, 4.69) is 30.3 Å². The highest BCUT2D eigenvalue weighted by molar-refractivity contribution is 5.76. The molecule has 156 valence electrons. The summed E-state index contributed by atoms with van der Waals surface area (Å²) in [6, 6.07) is 16.7. The quantitative estimate of drug-likeness (QED) is 0.606. The van der Waals surface area contributed by atoms with Crippen molar-refractivity contribution in [3.63, 3.8) is 0 Å². The molecule has 1 amide bonds. The first-order valence-corrected chi connectivity index (χ1v) is 10.9. The molecule has 0 radical (unpaired) electrons. The molecule has 0 aromatic heterocycles. The molecule has 0 atom stereocenters. The molecule has 4 heteroatoms. The van der Waals surface area contributed by atoms with Crippen LogP contribution in [0.15, 0.2) is 48.5 Å². The van der Waals surface area contributed by atoms with Crippen molar-refractivity contribution in [3.05, 3.63) is 59.7 Å². The third-order valence-electron chi connectivity index (χ3n) is 5.57. The normalized spacial score (nSPS) is 14.6. The van der Waals surface area contributed by atoms with E-state index in [-0.39, 0.29) is 5.91 Å². The number of carbonyl (C=O) groups is 1. The van der Waals surface area contributed by atoms with Crippen molar-refractivity contribution in [1.29, 1.82) is 0 Å². The molecule has 1 aliphatic rings. The predicted molar refractivity (Wildman–Crippen MR) is 117 cm³/mol. The van der Waals surface area contributed by atoms with Crippen LogP contribution in [-0.2, 0) is 17.6 Å². The number of piperidine rings is 1. The lowest BCUT2D eigenvalue weighted by molar-refractivity contribution is -0.132. The number of likely N-dealkylation sites (tertiary alicyclic amines) is 1. The van der Waals surface area contributed by atoms with Crippen molar-refractivity contribution < 1.29 is 14.3 Å². The Morgan fingerprint density at radius 3 is 2.31 bits per heavy atom. The van der Waals surface area contributed by atoms with Crippen molar-refractivity contribution in [2.45, 2.75) is 46.0 Å². The number of amides is 1. The second-order valence-corrected chi connectivity index (χ2v) is 7.66. The topological polar surface area (TPSA) is 38.8 Å². The van der Waals surface area contributed by atoms with Gasteiger partial charge in [-0.15, -0.1) is 0 Å². The van der Waals surface area contributed by atoms with Crippen molar-refractivity contribution in [2.24, 2.45) is 5.92 Å². The summed E-state index contributed by atoms with van der Waals surface area (Å²) in [5, 5.41) is 0. The molecule has 0 spiro atoms. The van der Waals surface area contributed by atoms with Crippen LogP contribution in [0.25, 0.3) is 0 Å². The van der Waals surface area contributed by atoms with Crippen LogP contribution < -0.4 is 9.47 Å². The van der Waals surface area contributed by atoms with Gasteiger partial charge in [-0.1, -0.05) is 36.4 Å². The summed E-state index contributed by atoms with van der Waals surface area (Å²) in [6.07, 6.45) is 4.59. The van der Waals surface area contributed by atoms with Gasteiger partial charge in [-0.05, 0) is 68.7 Å². The van der Waals surface area contributed by atoms with E-state index < -0.39 is 0 Å². The molecule has 1 aliphatic heterocycles. The fourth-order valence-electron chi connectivity index (χ4n) is 3.99. The maximum absolute atomic E-state index is 12.7. The number of ether oxygens (including phenoxy) is 2. The Kier molecular flexibility index (Phi) is 7.97. The molecule has 2 aromatic carbocycles. The van der Waals surface area contributed by atoms with Crippen molar-refractivity contribution in [2.75, 3.05) is 26.3 Å². The molecule has 4 nitrogen and oxygen atoms in total. The number of aryl methyl sites for hydroxylation is 1. The van der Waals surface area contributed by atoms with Crippen molar-refractivity contribution in [3.8, 4) is 11.5 Å². The minimum absolute atomic E-state index is 0.259. The molecule has 0 aliphatic carbocycles. The van der Waals surface area contributed by atoms with Gasteiger partial charge in [0.25, 0.3) is 0 Å². The number of hydrogen-bond acceptors (Lipinski definition) is 3. The van der Waals surface area contributed by atoms with Crippen molar-refractivity contribution >= 4 is 5.91 Å². The molecule has 0 bridgehead atoms. The molecule has 1 heterocycles. The van der Waals surface area contributed by atoms with Gasteiger partial charge < -0.3 is 14.4 Å². The fraction of sp³-hybridized carbons (Fsp3) is 0.480. The highest BCUT2D eigenvalue weighted by Crippen LogP contribution is 2.29. The Balaban J connectivity index is 1.47. The largest absolute Gasteiger partial charge is 0.490 e. The van der Waals surface area contributed by atoms with Crippen LogP contribution in [0.2, 0.25) is 0 Å². The van der Waals surface area contributed by atoms with E-state index in [0.717, 1.165) is 55.8 Å². The molecule has 1 saturated heterocycles. The van der Waals surface area contributed by atoms with E-state index >= 15 is 0 Å². The smallest absolute Gasteiger partial charge is 0.222 e. The van der Waals surface area contributed by atoms with Gasteiger partial charge in [0, 0.05) is 19.5 Å². The third-order valence-corrected chi connectivity index (χ3v) is 5.57. The lowest BCUT2D eigenvalue weighted by atomic mass is 9.90. The van der Waals surface area contributed by atoms with Crippen LogP contribution in [0, 0.1) is 5.92 Å². The Morgan fingerprint density at radius 2 is 1.62 bits per heavy atom. The molecule has 0 N–H and O–H groups in total. The SMILES string of the molecule is CCOc1ccc(CCC(=O)N2CCC(Cc3ccccc3)CC2)cc1OCC. The lowest BCUT2D eigenvalue weighted by Gasteiger charge is -2.32. The highest BCUT2D eigenvalue weighted by Gasteiger charge is 2.22. The first kappa shape index (κ1) is 21.2. The van der Waals surface area contributed by atoms with Crippen LogP contribution in [0.1, 0.15) is 44.2 Å². The van der Waals surface area contributed by atoms with E-state index in [4.69, 9.17) is 9.47 Å². The molecule has 0 saturated carbocycles. The van der Waals surface area contributed by atoms with E-state index in [0.29, 0.717) is 25.6 Å². The maximum atomic E-state index is 12.7. The number of nitrogens with zero attached hydrogens (tertiary/aromatic N) is 1. The van der Waals surface area contributed by atoms with Gasteiger partial charge >= 0.3 is 0 Å². The summed E-state index contributed by atoms with van der Waals surface area (Å²) in [6.45, 7) is 6.89. The summed E-state index contributed by atoms with van der Waals surface area (Å²) >= 11 is 0. The standard InChI is InChI=1S/C25H33NO3/c1-3-28-23-12-10-21(19-24(23)29-4-2)11-13-25(27)26-16-14-22(15-17-26)18-20-8-6-5-7-9-20/h5-10,12,19,22H,3-4,11,13-18H2,1-2H3. The number of carbonyl (C=O) groups excluding carboxylic acids is 1. The summed E-state index contributed by atoms with van der Waals surface area (Å²) in [5.74, 6) is 2.47. The Morgan fingerprint density at radius 1 is 0.931 bits per heavy atom. The van der Waals surface area contributed by atoms with Gasteiger partial charge in [0.05, 0.1) is 13.2 Å². The molecule has 2 aromatic rings. The second-order valence-electron chi connectivity index (χ2n) is 7.66. The average molecular weight is 396 g/mol. The van der Waals surface area contributed by atoms with Gasteiger partial charge in [-0.25, -0.2) is 0 Å². The van der Waals surface area contributed by atoms with E-state index in [9.17, 15) is 4.79 Å². The van der Waals surface area contributed by atoms with Crippen LogP contribution in [0.5, 0.6) is 11.5 Å². The zero-order valence-electron chi connectivity index (χ0n) is 17.7. The molecular weight excluding hydrogens is 362 g/mol. The molecular formula is C25H33NO3. The van der Waals surface area contributed by atoms with Crippen LogP contribution in [0.3, 0.4) is 0 Å². The zero-order valence-corrected chi connectivity index (χ0v) is 17.7. The summed E-state index contributed by atoms with van der Waals surface area (Å²) < 4.78 is 11.3. The number of rotatable bonds is 9. The Bertz CT molecular complexity index is 767. The number of hydrogen-bond donors (Lipinski definition) is 0. The van der Waals surface area contributed by atoms with Gasteiger partial charge in [-0.2, -0.15) is 0 Å². The minimum Gasteiger partial charge on any atom is -0.490 e. The number of benzene rings is 2. The average Bonchev–Trinajstić information content (AvgIpc) is 2.75. The summed E-state index contributed by atoms with van der Waals surface area (Å²) in [7, 11) is 0. The van der Waals surface area contributed by atoms with Crippen LogP contribution >= 0.6 is 0 Å². The van der Waals surface area contributed by atoms with E-state index in [1.165, 1.54) is 5.56 Å². The monoisotopic (exact) mass is 395 g/mol. The van der Waals surface area contributed by atoms with Gasteiger partial charge in [0.2, 0.25) is 5.91 Å². The van der Waals surface area contributed by atoms with Crippen LogP contribution in [0.4, 0.5) is 0 Å². The Labute approximate surface area is 174 Å². The van der Waals surface area contributed by atoms with Crippen molar-refractivity contribution in [1.82, 2.24) is 4.90 Å². The lowest BCUT2D eigenvalue weighted by Crippen LogP contribution is -2.39. The van der Waals surface area contributed by atoms with E-state index in [1.54, 1.807) is 0 Å². The van der Waals surface area contributed by atoms with Crippen LogP contribution in [-0.4, -0.2) is 37.1 Å². The second kappa shape index (κ2) is 10.9. The maximum Gasteiger partial charge on any atom is 0.222 e. The summed E-state index contributed by atoms with van der Waals surface area (Å²) in [4.78, 5) is 14.7. The Hall–Kier alpha value is -2.49. The fourth-order valence-corrected chi connectivity index (χ4v) is 3.99. The first-order chi connectivity index (χ1) is 14.2. The molecule has 29 heavy (non-hydrogen) atoms. The molecule has 3 rings (SSSR count). The zero-order chi connectivity index (χ0) is 20.5. The summed E-state index contributed by atoms with van der Waals surface area (Å²) in [5.41, 5.74) is 2.52. The van der Waals surface area contributed by atoms with E-state index in [1.807, 2.05) is 36.9 Å². The van der Waals surface area contributed by atoms with Gasteiger partial charge in [0.1, 0.15) is 0 Å². The third kappa shape index (κ3) is 6.25. The molecule has 1 fully saturated rings. The van der Waals surface area contributed by atoms with Gasteiger partial charge in [-0.3, -0.25) is 4.79 Å². The minimum atomic E-state index is 0.259. The molecule has 0 unspecified atom stereocenters.